The summed E-state index contributed by atoms with van der Waals surface area (Å²) < 4.78 is 0. The maximum absolute atomic E-state index is 6.28. The molecule has 0 amide bonds. The Morgan fingerprint density at radius 3 is 1.81 bits per heavy atom. The number of hydrogen-bond donors (Lipinski definition) is 1. The summed E-state index contributed by atoms with van der Waals surface area (Å²) in [5, 5.41) is 0. The first-order valence-corrected chi connectivity index (χ1v) is 6.06. The summed E-state index contributed by atoms with van der Waals surface area (Å²) in [7, 11) is 0. The van der Waals surface area contributed by atoms with Gasteiger partial charge in [0.1, 0.15) is 0 Å². The van der Waals surface area contributed by atoms with Crippen LogP contribution in [0.2, 0.25) is 0 Å². The second-order valence-corrected chi connectivity index (χ2v) is 6.72. The number of allylic oxidation sites excluding steroid dienone is 2. The van der Waals surface area contributed by atoms with E-state index in [1.54, 1.807) is 0 Å². The third-order valence-electron chi connectivity index (χ3n) is 3.84. The van der Waals surface area contributed by atoms with Crippen LogP contribution >= 0.6 is 0 Å². The van der Waals surface area contributed by atoms with Gasteiger partial charge in [-0.2, -0.15) is 0 Å². The maximum Gasteiger partial charge on any atom is 0.0365 e. The molecule has 1 heteroatoms. The van der Waals surface area contributed by atoms with Gasteiger partial charge in [0, 0.05) is 5.54 Å². The van der Waals surface area contributed by atoms with Crippen LogP contribution in [0.3, 0.4) is 0 Å². The highest BCUT2D eigenvalue weighted by atomic mass is 14.8. The van der Waals surface area contributed by atoms with E-state index in [0.29, 0.717) is 5.92 Å². The van der Waals surface area contributed by atoms with Gasteiger partial charge >= 0.3 is 0 Å². The molecule has 0 saturated carbocycles. The molecule has 0 aliphatic heterocycles. The molecular weight excluding hydrogens is 194 g/mol. The Morgan fingerprint density at radius 2 is 1.50 bits per heavy atom. The van der Waals surface area contributed by atoms with Gasteiger partial charge in [-0.05, 0) is 23.7 Å². The Bertz CT molecular complexity index is 264. The lowest BCUT2D eigenvalue weighted by Crippen LogP contribution is -2.51. The molecule has 0 heterocycles. The minimum atomic E-state index is -0.353. The van der Waals surface area contributed by atoms with E-state index in [1.165, 1.54) is 0 Å². The van der Waals surface area contributed by atoms with Crippen LogP contribution in [0.15, 0.2) is 24.8 Å². The van der Waals surface area contributed by atoms with Gasteiger partial charge < -0.3 is 5.73 Å². The SMILES string of the molecule is C=CC(C)(N)C(C)(C)C(C)/C=C/C(C)(C)C. The highest BCUT2D eigenvalue weighted by Crippen LogP contribution is 2.38. The van der Waals surface area contributed by atoms with Crippen LogP contribution in [0.25, 0.3) is 0 Å². The summed E-state index contributed by atoms with van der Waals surface area (Å²) in [6, 6.07) is 0. The van der Waals surface area contributed by atoms with Crippen LogP contribution in [0.5, 0.6) is 0 Å². The van der Waals surface area contributed by atoms with Gasteiger partial charge in [0.2, 0.25) is 0 Å². The average Bonchev–Trinajstić information content (AvgIpc) is 2.12. The third-order valence-corrected chi connectivity index (χ3v) is 3.84. The summed E-state index contributed by atoms with van der Waals surface area (Å²) in [4.78, 5) is 0. The van der Waals surface area contributed by atoms with Crippen molar-refractivity contribution in [1.82, 2.24) is 0 Å². The summed E-state index contributed by atoms with van der Waals surface area (Å²) in [6.45, 7) is 19.1. The summed E-state index contributed by atoms with van der Waals surface area (Å²) in [5.74, 6) is 0.416. The van der Waals surface area contributed by atoms with Crippen LogP contribution < -0.4 is 5.73 Å². The second kappa shape index (κ2) is 4.75. The van der Waals surface area contributed by atoms with Crippen LogP contribution in [0.1, 0.15) is 48.5 Å². The molecule has 2 unspecified atom stereocenters. The quantitative estimate of drug-likeness (QED) is 0.712. The lowest BCUT2D eigenvalue weighted by Gasteiger charge is -2.43. The molecule has 1 nitrogen and oxygen atoms in total. The van der Waals surface area contributed by atoms with E-state index >= 15 is 0 Å². The van der Waals surface area contributed by atoms with Crippen molar-refractivity contribution in [3.8, 4) is 0 Å². The molecule has 0 aromatic rings. The molecule has 94 valence electrons. The molecular formula is C15H29N. The molecule has 0 aromatic carbocycles. The molecule has 2 N–H and O–H groups in total. The standard InChI is InChI=1S/C15H29N/c1-9-15(8,16)14(6,7)12(2)10-11-13(3,4)5/h9-12H,1,16H2,2-8H3/b11-10+. The Balaban J connectivity index is 4.92. The minimum absolute atomic E-state index is 0.00347. The molecule has 0 rings (SSSR count). The second-order valence-electron chi connectivity index (χ2n) is 6.72. The fourth-order valence-electron chi connectivity index (χ4n) is 1.43. The van der Waals surface area contributed by atoms with Gasteiger partial charge in [-0.15, -0.1) is 6.58 Å². The predicted molar refractivity (Wildman–Crippen MR) is 74.3 cm³/mol. The van der Waals surface area contributed by atoms with Crippen LogP contribution in [0.4, 0.5) is 0 Å². The van der Waals surface area contributed by atoms with Gasteiger partial charge in [-0.3, -0.25) is 0 Å². The van der Waals surface area contributed by atoms with Crippen LogP contribution in [-0.2, 0) is 0 Å². The lowest BCUT2D eigenvalue weighted by atomic mass is 9.66. The first kappa shape index (κ1) is 15.4. The molecule has 0 fully saturated rings. The minimum Gasteiger partial charge on any atom is -0.322 e. The zero-order valence-electron chi connectivity index (χ0n) is 12.1. The zero-order chi connectivity index (χ0) is 13.2. The highest BCUT2D eigenvalue weighted by molar-refractivity contribution is 5.12. The van der Waals surface area contributed by atoms with Gasteiger partial charge in [0.25, 0.3) is 0 Å². The van der Waals surface area contributed by atoms with Crippen LogP contribution in [-0.4, -0.2) is 5.54 Å². The summed E-state index contributed by atoms with van der Waals surface area (Å²) in [6.07, 6.45) is 6.39. The zero-order valence-corrected chi connectivity index (χ0v) is 12.1. The monoisotopic (exact) mass is 223 g/mol. The van der Waals surface area contributed by atoms with E-state index in [4.69, 9.17) is 5.73 Å². The molecule has 0 radical (unpaired) electrons. The van der Waals surface area contributed by atoms with Crippen molar-refractivity contribution in [2.45, 2.75) is 54.0 Å². The fourth-order valence-corrected chi connectivity index (χ4v) is 1.43. The molecule has 16 heavy (non-hydrogen) atoms. The molecule has 0 aromatic heterocycles. The molecule has 0 aliphatic carbocycles. The average molecular weight is 223 g/mol. The lowest BCUT2D eigenvalue weighted by molar-refractivity contribution is 0.171. The molecule has 0 spiro atoms. The molecule has 0 saturated heterocycles. The number of hydrogen-bond acceptors (Lipinski definition) is 1. The van der Waals surface area contributed by atoms with Gasteiger partial charge in [-0.1, -0.05) is 59.8 Å². The van der Waals surface area contributed by atoms with E-state index in [2.05, 4.69) is 60.3 Å². The van der Waals surface area contributed by atoms with E-state index in [9.17, 15) is 0 Å². The Hall–Kier alpha value is -0.560. The van der Waals surface area contributed by atoms with Gasteiger partial charge in [-0.25, -0.2) is 0 Å². The van der Waals surface area contributed by atoms with Crippen molar-refractivity contribution in [3.05, 3.63) is 24.8 Å². The van der Waals surface area contributed by atoms with Crippen LogP contribution in [0, 0.1) is 16.7 Å². The Morgan fingerprint density at radius 1 is 1.06 bits per heavy atom. The highest BCUT2D eigenvalue weighted by Gasteiger charge is 2.38. The number of nitrogens with two attached hydrogens (primary N) is 1. The largest absolute Gasteiger partial charge is 0.322 e. The molecule has 0 bridgehead atoms. The van der Waals surface area contributed by atoms with Crippen molar-refractivity contribution in [1.29, 1.82) is 0 Å². The van der Waals surface area contributed by atoms with Crippen molar-refractivity contribution in [2.75, 3.05) is 0 Å². The number of rotatable bonds is 4. The molecule has 2 atom stereocenters. The smallest absolute Gasteiger partial charge is 0.0365 e. The fraction of sp³-hybridized carbons (Fsp3) is 0.733. The van der Waals surface area contributed by atoms with Gasteiger partial charge in [0.15, 0.2) is 0 Å². The van der Waals surface area contributed by atoms with Crippen molar-refractivity contribution in [2.24, 2.45) is 22.5 Å². The first-order chi connectivity index (χ1) is 6.94. The summed E-state index contributed by atoms with van der Waals surface area (Å²) in [5.41, 5.74) is 6.15. The Labute approximate surface area is 102 Å². The maximum atomic E-state index is 6.28. The van der Waals surface area contributed by atoms with Crippen molar-refractivity contribution < 1.29 is 0 Å². The predicted octanol–water partition coefficient (Wildman–Crippen LogP) is 4.15. The first-order valence-electron chi connectivity index (χ1n) is 6.06. The van der Waals surface area contributed by atoms with Crippen molar-refractivity contribution >= 4 is 0 Å². The van der Waals surface area contributed by atoms with Crippen molar-refractivity contribution in [3.63, 3.8) is 0 Å². The summed E-state index contributed by atoms with van der Waals surface area (Å²) >= 11 is 0. The molecule has 0 aliphatic rings. The van der Waals surface area contributed by atoms with E-state index in [1.807, 2.05) is 13.0 Å². The van der Waals surface area contributed by atoms with Gasteiger partial charge in [0.05, 0.1) is 0 Å². The topological polar surface area (TPSA) is 26.0 Å². The van der Waals surface area contributed by atoms with E-state index in [0.717, 1.165) is 0 Å². The van der Waals surface area contributed by atoms with E-state index in [-0.39, 0.29) is 16.4 Å². The van der Waals surface area contributed by atoms with E-state index < -0.39 is 0 Å². The Kier molecular flexibility index (Phi) is 4.58. The normalized spacial score (nSPS) is 19.5. The third kappa shape index (κ3) is 3.79.